The number of aryl methyl sites for hydroxylation is 3. The van der Waals surface area contributed by atoms with Crippen LogP contribution in [-0.2, 0) is 26.3 Å². The second-order valence-corrected chi connectivity index (χ2v) is 7.19. The molecule has 0 atom stereocenters. The van der Waals surface area contributed by atoms with Crippen molar-refractivity contribution in [2.75, 3.05) is 6.54 Å². The van der Waals surface area contributed by atoms with Crippen molar-refractivity contribution in [3.8, 4) is 11.3 Å². The number of aromatic nitrogens is 4. The third-order valence-electron chi connectivity index (χ3n) is 5.14. The second kappa shape index (κ2) is 7.06. The number of hydrogen-bond donors (Lipinski definition) is 0. The minimum absolute atomic E-state index is 0.139. The van der Waals surface area contributed by atoms with Crippen LogP contribution in [0.1, 0.15) is 33.9 Å². The lowest BCUT2D eigenvalue weighted by atomic mass is 10.1. The molecule has 0 radical (unpaired) electrons. The van der Waals surface area contributed by atoms with E-state index in [1.807, 2.05) is 17.7 Å². The molecule has 4 rings (SSSR count). The van der Waals surface area contributed by atoms with E-state index in [0.29, 0.717) is 36.6 Å². The van der Waals surface area contributed by atoms with E-state index in [4.69, 9.17) is 0 Å². The number of alkyl halides is 3. The van der Waals surface area contributed by atoms with Gasteiger partial charge in [0.05, 0.1) is 23.5 Å². The van der Waals surface area contributed by atoms with E-state index >= 15 is 0 Å². The summed E-state index contributed by atoms with van der Waals surface area (Å²) >= 11 is 0. The smallest absolute Gasteiger partial charge is 0.331 e. The summed E-state index contributed by atoms with van der Waals surface area (Å²) in [6, 6.07) is 8.55. The fraction of sp³-hybridized carbons (Fsp3) is 0.350. The Hall–Kier alpha value is -3.10. The molecule has 2 aromatic heterocycles. The van der Waals surface area contributed by atoms with Crippen molar-refractivity contribution in [2.24, 2.45) is 7.05 Å². The first-order valence-corrected chi connectivity index (χ1v) is 9.26. The molecule has 6 nitrogen and oxygen atoms in total. The molecule has 29 heavy (non-hydrogen) atoms. The normalized spacial score (nSPS) is 14.6. The Bertz CT molecular complexity index is 1030. The molecule has 152 valence electrons. The highest BCUT2D eigenvalue weighted by atomic mass is 19.4. The lowest BCUT2D eigenvalue weighted by Gasteiger charge is -2.18. The highest BCUT2D eigenvalue weighted by Gasteiger charge is 2.30. The Labute approximate surface area is 165 Å². The second-order valence-electron chi connectivity index (χ2n) is 7.19. The van der Waals surface area contributed by atoms with Gasteiger partial charge < -0.3 is 4.90 Å². The first kappa shape index (κ1) is 19.2. The van der Waals surface area contributed by atoms with E-state index in [1.165, 1.54) is 12.1 Å². The number of benzene rings is 1. The zero-order valence-electron chi connectivity index (χ0n) is 16.1. The van der Waals surface area contributed by atoms with Gasteiger partial charge in [-0.15, -0.1) is 0 Å². The van der Waals surface area contributed by atoms with E-state index < -0.39 is 11.7 Å². The van der Waals surface area contributed by atoms with Crippen molar-refractivity contribution in [3.63, 3.8) is 0 Å². The standard InChI is InChI=1S/C20H20F3N5O/c1-13-10-18(24-26(13)2)19(29)27-8-3-9-28-16(12-27)11-17(25-28)14-4-6-15(7-5-14)20(21,22)23/h4-7,10-11H,3,8-9,12H2,1-2H3. The van der Waals surface area contributed by atoms with Crippen molar-refractivity contribution in [1.82, 2.24) is 24.5 Å². The van der Waals surface area contributed by atoms with Crippen LogP contribution in [0.5, 0.6) is 0 Å². The largest absolute Gasteiger partial charge is 0.416 e. The molecule has 1 aromatic carbocycles. The van der Waals surface area contributed by atoms with Gasteiger partial charge in [-0.2, -0.15) is 23.4 Å². The molecule has 1 amide bonds. The van der Waals surface area contributed by atoms with Gasteiger partial charge in [0.25, 0.3) is 5.91 Å². The average molecular weight is 403 g/mol. The van der Waals surface area contributed by atoms with Crippen molar-refractivity contribution < 1.29 is 18.0 Å². The van der Waals surface area contributed by atoms with Gasteiger partial charge in [-0.1, -0.05) is 12.1 Å². The van der Waals surface area contributed by atoms with Crippen LogP contribution in [0.3, 0.4) is 0 Å². The van der Waals surface area contributed by atoms with E-state index in [0.717, 1.165) is 29.9 Å². The topological polar surface area (TPSA) is 56.0 Å². The van der Waals surface area contributed by atoms with Crippen molar-refractivity contribution in [3.05, 3.63) is 59.0 Å². The van der Waals surface area contributed by atoms with Crippen LogP contribution >= 0.6 is 0 Å². The Kier molecular flexibility index (Phi) is 4.68. The molecule has 0 fully saturated rings. The number of hydrogen-bond acceptors (Lipinski definition) is 3. The van der Waals surface area contributed by atoms with E-state index in [-0.39, 0.29) is 5.91 Å². The first-order chi connectivity index (χ1) is 13.7. The van der Waals surface area contributed by atoms with Crippen LogP contribution in [0, 0.1) is 6.92 Å². The number of amides is 1. The highest BCUT2D eigenvalue weighted by molar-refractivity contribution is 5.92. The molecule has 0 saturated heterocycles. The van der Waals surface area contributed by atoms with Crippen molar-refractivity contribution in [1.29, 1.82) is 0 Å². The fourth-order valence-corrected chi connectivity index (χ4v) is 3.43. The predicted molar refractivity (Wildman–Crippen MR) is 100.0 cm³/mol. The third kappa shape index (κ3) is 3.76. The minimum atomic E-state index is -4.37. The Balaban J connectivity index is 1.57. The summed E-state index contributed by atoms with van der Waals surface area (Å²) in [5.41, 5.74) is 2.66. The fourth-order valence-electron chi connectivity index (χ4n) is 3.43. The van der Waals surface area contributed by atoms with Crippen LogP contribution in [0.4, 0.5) is 13.2 Å². The maximum Gasteiger partial charge on any atom is 0.416 e. The van der Waals surface area contributed by atoms with Gasteiger partial charge in [0.2, 0.25) is 0 Å². The predicted octanol–water partition coefficient (Wildman–Crippen LogP) is 3.66. The maximum absolute atomic E-state index is 12.9. The van der Waals surface area contributed by atoms with Crippen LogP contribution in [-0.4, -0.2) is 36.9 Å². The van der Waals surface area contributed by atoms with Gasteiger partial charge in [0, 0.05) is 31.4 Å². The van der Waals surface area contributed by atoms with E-state index in [9.17, 15) is 18.0 Å². The summed E-state index contributed by atoms with van der Waals surface area (Å²) < 4.78 is 41.8. The number of rotatable bonds is 2. The number of nitrogens with zero attached hydrogens (tertiary/aromatic N) is 5. The summed E-state index contributed by atoms with van der Waals surface area (Å²) in [5, 5.41) is 8.80. The molecule has 0 unspecified atom stereocenters. The zero-order valence-corrected chi connectivity index (χ0v) is 16.1. The molecule has 0 aliphatic carbocycles. The van der Waals surface area contributed by atoms with E-state index in [1.54, 1.807) is 22.7 Å². The van der Waals surface area contributed by atoms with Gasteiger partial charge >= 0.3 is 6.18 Å². The SMILES string of the molecule is Cc1cc(C(=O)N2CCCn3nc(-c4ccc(C(F)(F)F)cc4)cc3C2)nn1C. The van der Waals surface area contributed by atoms with Gasteiger partial charge in [0.15, 0.2) is 5.69 Å². The quantitative estimate of drug-likeness (QED) is 0.656. The molecule has 0 N–H and O–H groups in total. The van der Waals surface area contributed by atoms with Crippen LogP contribution < -0.4 is 0 Å². The number of halogens is 3. The summed E-state index contributed by atoms with van der Waals surface area (Å²) in [4.78, 5) is 14.6. The molecular weight excluding hydrogens is 383 g/mol. The summed E-state index contributed by atoms with van der Waals surface area (Å²) in [6.07, 6.45) is -3.63. The van der Waals surface area contributed by atoms with Crippen LogP contribution in [0.2, 0.25) is 0 Å². The van der Waals surface area contributed by atoms with Gasteiger partial charge in [0.1, 0.15) is 0 Å². The monoisotopic (exact) mass is 403 g/mol. The average Bonchev–Trinajstić information content (AvgIpc) is 3.16. The third-order valence-corrected chi connectivity index (χ3v) is 5.14. The lowest BCUT2D eigenvalue weighted by molar-refractivity contribution is -0.137. The van der Waals surface area contributed by atoms with Crippen molar-refractivity contribution >= 4 is 5.91 Å². The van der Waals surface area contributed by atoms with E-state index in [2.05, 4.69) is 10.2 Å². The number of carbonyl (C=O) groups excluding carboxylic acids is 1. The first-order valence-electron chi connectivity index (χ1n) is 9.26. The van der Waals surface area contributed by atoms with Gasteiger partial charge in [-0.05, 0) is 37.6 Å². The lowest BCUT2D eigenvalue weighted by Crippen LogP contribution is -2.31. The minimum Gasteiger partial charge on any atom is -0.331 e. The number of carbonyl (C=O) groups is 1. The Morgan fingerprint density at radius 3 is 2.41 bits per heavy atom. The summed E-state index contributed by atoms with van der Waals surface area (Å²) in [5.74, 6) is -0.139. The molecular formula is C20H20F3N5O. The molecule has 0 saturated carbocycles. The maximum atomic E-state index is 12.9. The molecule has 9 heteroatoms. The number of fused-ring (bicyclic) bond motifs is 1. The zero-order chi connectivity index (χ0) is 20.8. The Morgan fingerprint density at radius 2 is 1.79 bits per heavy atom. The van der Waals surface area contributed by atoms with Crippen LogP contribution in [0.15, 0.2) is 36.4 Å². The Morgan fingerprint density at radius 1 is 1.07 bits per heavy atom. The van der Waals surface area contributed by atoms with Gasteiger partial charge in [-0.25, -0.2) is 0 Å². The molecule has 0 bridgehead atoms. The summed E-state index contributed by atoms with van der Waals surface area (Å²) in [6.45, 7) is 3.49. The molecule has 0 spiro atoms. The van der Waals surface area contributed by atoms with Crippen LogP contribution in [0.25, 0.3) is 11.3 Å². The molecule has 1 aliphatic heterocycles. The highest BCUT2D eigenvalue weighted by Crippen LogP contribution is 2.31. The summed E-state index contributed by atoms with van der Waals surface area (Å²) in [7, 11) is 1.79. The molecule has 1 aliphatic rings. The molecule has 3 heterocycles. The molecule has 3 aromatic rings. The van der Waals surface area contributed by atoms with Crippen molar-refractivity contribution in [2.45, 2.75) is 32.6 Å². The van der Waals surface area contributed by atoms with Gasteiger partial charge in [-0.3, -0.25) is 14.2 Å².